The minimum absolute atomic E-state index is 0.0359. The molecule has 0 bridgehead atoms. The molecule has 1 aromatic rings. The summed E-state index contributed by atoms with van der Waals surface area (Å²) in [5, 5.41) is 11.5. The van der Waals surface area contributed by atoms with Crippen LogP contribution in [0.2, 0.25) is 0 Å². The Balaban J connectivity index is 1.46. The van der Waals surface area contributed by atoms with Gasteiger partial charge in [-0.25, -0.2) is 10.3 Å². The number of amides is 3. The summed E-state index contributed by atoms with van der Waals surface area (Å²) in [6.45, 7) is 1.72. The molecular formula is C29H37F3N4O3. The number of likely N-dealkylation sites (tertiary alicyclic amines) is 1. The first-order chi connectivity index (χ1) is 18.8. The number of unbranched alkanes of at least 4 members (excludes halogenated alkanes) is 5. The van der Waals surface area contributed by atoms with E-state index in [-0.39, 0.29) is 18.0 Å². The number of alkyl halides is 3. The SMILES string of the molecule is O=C(CCCCCCCCNC(=O)N1CCC(N(C2=CC=CC#CC2)c2ccc(C(F)(F)F)cc2)CC1)NO. The van der Waals surface area contributed by atoms with Gasteiger partial charge in [0.15, 0.2) is 0 Å². The lowest BCUT2D eigenvalue weighted by Gasteiger charge is -2.40. The molecule has 0 unspecified atom stereocenters. The van der Waals surface area contributed by atoms with Crippen LogP contribution in [0.3, 0.4) is 0 Å². The van der Waals surface area contributed by atoms with E-state index in [4.69, 9.17) is 5.21 Å². The molecule has 2 aliphatic rings. The monoisotopic (exact) mass is 546 g/mol. The van der Waals surface area contributed by atoms with E-state index in [9.17, 15) is 22.8 Å². The zero-order chi connectivity index (χ0) is 28.1. The molecule has 1 aliphatic heterocycles. The fourth-order valence-corrected chi connectivity index (χ4v) is 4.86. The van der Waals surface area contributed by atoms with Crippen molar-refractivity contribution in [1.29, 1.82) is 0 Å². The molecule has 0 spiro atoms. The third kappa shape index (κ3) is 9.66. The van der Waals surface area contributed by atoms with Gasteiger partial charge >= 0.3 is 12.2 Å². The number of anilines is 1. The highest BCUT2D eigenvalue weighted by molar-refractivity contribution is 5.74. The summed E-state index contributed by atoms with van der Waals surface area (Å²) < 4.78 is 39.4. The Hall–Kier alpha value is -3.45. The van der Waals surface area contributed by atoms with Crippen molar-refractivity contribution < 1.29 is 28.0 Å². The zero-order valence-corrected chi connectivity index (χ0v) is 22.1. The van der Waals surface area contributed by atoms with E-state index in [0.29, 0.717) is 51.0 Å². The van der Waals surface area contributed by atoms with Gasteiger partial charge in [0.2, 0.25) is 5.91 Å². The highest BCUT2D eigenvalue weighted by atomic mass is 19.4. The summed E-state index contributed by atoms with van der Waals surface area (Å²) in [7, 11) is 0. The molecule has 3 amide bonds. The maximum atomic E-state index is 13.1. The number of urea groups is 1. The van der Waals surface area contributed by atoms with Gasteiger partial charge in [0.1, 0.15) is 0 Å². The molecule has 0 saturated carbocycles. The standard InChI is InChI=1S/C29H37F3N4O3/c30-29(31,32)23-14-16-25(17-15-23)36(24-11-7-4-5-8-12-24)26-18-21-35(22-19-26)28(38)33-20-10-6-2-1-3-9-13-27(37)34-39/h4,7,11,14-17,26,39H,1-3,6,9-10,12-13,18-22H2,(H,33,38)(H,34,37). The topological polar surface area (TPSA) is 84.9 Å². The van der Waals surface area contributed by atoms with E-state index in [1.807, 2.05) is 12.2 Å². The van der Waals surface area contributed by atoms with Crippen LogP contribution < -0.4 is 15.7 Å². The number of allylic oxidation sites excluding steroid dienone is 4. The van der Waals surface area contributed by atoms with E-state index in [1.165, 1.54) is 12.1 Å². The lowest BCUT2D eigenvalue weighted by molar-refractivity contribution is -0.137. The molecule has 0 aromatic heterocycles. The van der Waals surface area contributed by atoms with Gasteiger partial charge in [-0.05, 0) is 62.1 Å². The molecular weight excluding hydrogens is 509 g/mol. The van der Waals surface area contributed by atoms with Crippen molar-refractivity contribution in [3.63, 3.8) is 0 Å². The molecule has 1 aromatic carbocycles. The number of hydrogen-bond donors (Lipinski definition) is 3. The lowest BCUT2D eigenvalue weighted by atomic mass is 10.00. The number of carbonyl (C=O) groups excluding carboxylic acids is 2. The van der Waals surface area contributed by atoms with Crippen molar-refractivity contribution in [1.82, 2.24) is 15.7 Å². The molecule has 1 fully saturated rings. The Morgan fingerprint density at radius 1 is 1.03 bits per heavy atom. The Bertz CT molecular complexity index is 1070. The molecule has 0 atom stereocenters. The third-order valence-corrected chi connectivity index (χ3v) is 6.97. The summed E-state index contributed by atoms with van der Waals surface area (Å²) >= 11 is 0. The van der Waals surface area contributed by atoms with Gasteiger partial charge < -0.3 is 15.1 Å². The van der Waals surface area contributed by atoms with Crippen LogP contribution in [0.25, 0.3) is 0 Å². The Morgan fingerprint density at radius 2 is 1.69 bits per heavy atom. The Kier molecular flexibility index (Phi) is 11.7. The largest absolute Gasteiger partial charge is 0.416 e. The number of nitrogens with one attached hydrogen (secondary N) is 2. The van der Waals surface area contributed by atoms with Crippen molar-refractivity contribution in [2.24, 2.45) is 0 Å². The van der Waals surface area contributed by atoms with Gasteiger partial charge in [-0.2, -0.15) is 13.2 Å². The summed E-state index contributed by atoms with van der Waals surface area (Å²) in [4.78, 5) is 27.5. The Morgan fingerprint density at radius 3 is 2.36 bits per heavy atom. The van der Waals surface area contributed by atoms with Crippen molar-refractivity contribution >= 4 is 17.6 Å². The highest BCUT2D eigenvalue weighted by Gasteiger charge is 2.32. The van der Waals surface area contributed by atoms with Crippen molar-refractivity contribution in [3.05, 3.63) is 53.8 Å². The van der Waals surface area contributed by atoms with Crippen LogP contribution in [-0.2, 0) is 11.0 Å². The Labute approximate surface area is 228 Å². The number of rotatable bonds is 12. The summed E-state index contributed by atoms with van der Waals surface area (Å²) in [6.07, 6.45) is 8.93. The van der Waals surface area contributed by atoms with Gasteiger partial charge in [0, 0.05) is 49.9 Å². The summed E-state index contributed by atoms with van der Waals surface area (Å²) in [5.41, 5.74) is 2.56. The molecule has 39 heavy (non-hydrogen) atoms. The molecule has 3 N–H and O–H groups in total. The zero-order valence-electron chi connectivity index (χ0n) is 22.1. The van der Waals surface area contributed by atoms with Gasteiger partial charge in [-0.3, -0.25) is 10.0 Å². The number of hydrogen-bond acceptors (Lipinski definition) is 4. The number of carbonyl (C=O) groups is 2. The second-order valence-corrected chi connectivity index (χ2v) is 9.79. The molecule has 1 heterocycles. The number of nitrogens with zero attached hydrogens (tertiary/aromatic N) is 2. The van der Waals surface area contributed by atoms with Gasteiger partial charge in [-0.1, -0.05) is 43.6 Å². The van der Waals surface area contributed by atoms with Crippen LogP contribution in [0.1, 0.15) is 69.8 Å². The first-order valence-corrected chi connectivity index (χ1v) is 13.6. The molecule has 1 aliphatic carbocycles. The van der Waals surface area contributed by atoms with E-state index in [1.54, 1.807) is 16.5 Å². The first-order valence-electron chi connectivity index (χ1n) is 13.6. The normalized spacial score (nSPS) is 15.6. The fraction of sp³-hybridized carbons (Fsp3) is 0.517. The van der Waals surface area contributed by atoms with E-state index in [2.05, 4.69) is 22.1 Å². The molecule has 7 nitrogen and oxygen atoms in total. The average Bonchev–Trinajstić information content (AvgIpc) is 3.21. The van der Waals surface area contributed by atoms with E-state index in [0.717, 1.165) is 56.4 Å². The second kappa shape index (κ2) is 15.2. The van der Waals surface area contributed by atoms with Crippen LogP contribution in [-0.4, -0.2) is 47.7 Å². The highest BCUT2D eigenvalue weighted by Crippen LogP contribution is 2.34. The predicted molar refractivity (Wildman–Crippen MR) is 144 cm³/mol. The fourth-order valence-electron chi connectivity index (χ4n) is 4.86. The smallest absolute Gasteiger partial charge is 0.341 e. The van der Waals surface area contributed by atoms with Crippen LogP contribution >= 0.6 is 0 Å². The maximum Gasteiger partial charge on any atom is 0.416 e. The lowest BCUT2D eigenvalue weighted by Crippen LogP contribution is -2.49. The first kappa shape index (κ1) is 30.1. The van der Waals surface area contributed by atoms with Crippen molar-refractivity contribution in [2.75, 3.05) is 24.5 Å². The van der Waals surface area contributed by atoms with Crippen LogP contribution in [0.15, 0.2) is 48.2 Å². The van der Waals surface area contributed by atoms with Crippen molar-refractivity contribution in [2.45, 2.75) is 76.4 Å². The summed E-state index contributed by atoms with van der Waals surface area (Å²) in [5.74, 6) is 5.66. The van der Waals surface area contributed by atoms with E-state index < -0.39 is 11.7 Å². The average molecular weight is 547 g/mol. The quantitative estimate of drug-likeness (QED) is 0.135. The van der Waals surface area contributed by atoms with Gasteiger partial charge in [0.05, 0.1) is 5.56 Å². The third-order valence-electron chi connectivity index (χ3n) is 6.97. The van der Waals surface area contributed by atoms with Crippen LogP contribution in [0.4, 0.5) is 23.7 Å². The van der Waals surface area contributed by atoms with Crippen molar-refractivity contribution in [3.8, 4) is 11.8 Å². The van der Waals surface area contributed by atoms with Gasteiger partial charge in [-0.15, -0.1) is 0 Å². The molecule has 1 saturated heterocycles. The molecule has 3 rings (SSSR count). The number of halogens is 3. The minimum Gasteiger partial charge on any atom is -0.341 e. The van der Waals surface area contributed by atoms with Crippen LogP contribution in [0.5, 0.6) is 0 Å². The number of hydroxylamine groups is 1. The summed E-state index contributed by atoms with van der Waals surface area (Å²) in [6, 6.07) is 5.19. The second-order valence-electron chi connectivity index (χ2n) is 9.79. The van der Waals surface area contributed by atoms with E-state index >= 15 is 0 Å². The minimum atomic E-state index is -4.39. The molecule has 10 heteroatoms. The number of piperidine rings is 1. The maximum absolute atomic E-state index is 13.1. The van der Waals surface area contributed by atoms with Gasteiger partial charge in [0.25, 0.3) is 0 Å². The molecule has 0 radical (unpaired) electrons. The predicted octanol–water partition coefficient (Wildman–Crippen LogP) is 5.77. The van der Waals surface area contributed by atoms with Crippen LogP contribution in [0, 0.1) is 11.8 Å². The molecule has 212 valence electrons. The number of benzene rings is 1.